The molecule has 2 aromatic rings. The molecule has 2 rings (SSSR count). The molecule has 1 atom stereocenters. The smallest absolute Gasteiger partial charge is 0.255 e. The van der Waals surface area contributed by atoms with Crippen molar-refractivity contribution in [2.24, 2.45) is 0 Å². The molecule has 1 unspecified atom stereocenters. The van der Waals surface area contributed by atoms with E-state index >= 15 is 0 Å². The minimum atomic E-state index is -0.754. The predicted molar refractivity (Wildman–Crippen MR) is 93.6 cm³/mol. The summed E-state index contributed by atoms with van der Waals surface area (Å²) in [5.74, 6) is 0.784. The number of carbonyl (C=O) groups is 2. The van der Waals surface area contributed by atoms with E-state index in [0.29, 0.717) is 17.3 Å². The molecular weight excluding hydrogens is 340 g/mol. The number of rotatable bonds is 8. The van der Waals surface area contributed by atoms with E-state index in [1.807, 2.05) is 0 Å². The summed E-state index contributed by atoms with van der Waals surface area (Å²) in [6.07, 6.45) is 1.52. The molecule has 0 fully saturated rings. The Bertz CT molecular complexity index is 757. The summed E-state index contributed by atoms with van der Waals surface area (Å²) in [5, 5.41) is 5.32. The third-order valence-corrected chi connectivity index (χ3v) is 3.71. The Labute approximate surface area is 151 Å². The number of hydrogen-bond donors (Lipinski definition) is 2. The first-order valence-electron chi connectivity index (χ1n) is 7.91. The van der Waals surface area contributed by atoms with Gasteiger partial charge in [-0.3, -0.25) is 9.59 Å². The van der Waals surface area contributed by atoms with Crippen LogP contribution in [0.4, 0.5) is 0 Å². The highest BCUT2D eigenvalue weighted by Crippen LogP contribution is 2.39. The molecule has 0 saturated carbocycles. The lowest BCUT2D eigenvalue weighted by Crippen LogP contribution is -2.44. The highest BCUT2D eigenvalue weighted by molar-refractivity contribution is 6.00. The molecule has 0 aliphatic heterocycles. The highest BCUT2D eigenvalue weighted by atomic mass is 16.5. The molecule has 0 bridgehead atoms. The summed E-state index contributed by atoms with van der Waals surface area (Å²) in [6, 6.07) is 5.87. The molecule has 0 aliphatic carbocycles. The van der Waals surface area contributed by atoms with Crippen molar-refractivity contribution in [1.82, 2.24) is 10.6 Å². The lowest BCUT2D eigenvalue weighted by Gasteiger charge is -2.17. The van der Waals surface area contributed by atoms with Gasteiger partial charge in [-0.15, -0.1) is 0 Å². The van der Waals surface area contributed by atoms with Crippen molar-refractivity contribution < 1.29 is 28.2 Å². The number of nitrogens with one attached hydrogen (secondary N) is 2. The average Bonchev–Trinajstić information content (AvgIpc) is 3.17. The fraction of sp³-hybridized carbons (Fsp3) is 0.333. The molecule has 0 spiro atoms. The maximum atomic E-state index is 12.6. The van der Waals surface area contributed by atoms with Gasteiger partial charge in [-0.25, -0.2) is 0 Å². The third-order valence-electron chi connectivity index (χ3n) is 3.71. The summed E-state index contributed by atoms with van der Waals surface area (Å²) in [4.78, 5) is 24.7. The number of furan rings is 1. The van der Waals surface area contributed by atoms with E-state index in [0.717, 1.165) is 0 Å². The average molecular weight is 362 g/mol. The second-order valence-electron chi connectivity index (χ2n) is 5.37. The van der Waals surface area contributed by atoms with Crippen molar-refractivity contribution >= 4 is 11.8 Å². The zero-order valence-electron chi connectivity index (χ0n) is 15.1. The van der Waals surface area contributed by atoms with Crippen LogP contribution in [-0.4, -0.2) is 39.2 Å². The van der Waals surface area contributed by atoms with Crippen LogP contribution in [0.5, 0.6) is 17.2 Å². The van der Waals surface area contributed by atoms with Crippen LogP contribution in [-0.2, 0) is 11.3 Å². The van der Waals surface area contributed by atoms with Crippen molar-refractivity contribution in [3.05, 3.63) is 41.9 Å². The summed E-state index contributed by atoms with van der Waals surface area (Å²) in [7, 11) is 4.36. The van der Waals surface area contributed by atoms with Gasteiger partial charge in [0.2, 0.25) is 11.7 Å². The van der Waals surface area contributed by atoms with Crippen LogP contribution >= 0.6 is 0 Å². The van der Waals surface area contributed by atoms with Crippen molar-refractivity contribution in [3.8, 4) is 17.2 Å². The fourth-order valence-corrected chi connectivity index (χ4v) is 2.36. The zero-order valence-corrected chi connectivity index (χ0v) is 15.1. The number of amides is 2. The van der Waals surface area contributed by atoms with E-state index in [1.54, 1.807) is 31.2 Å². The van der Waals surface area contributed by atoms with Crippen LogP contribution in [0.15, 0.2) is 34.9 Å². The number of carbonyl (C=O) groups excluding carboxylic acids is 2. The molecule has 2 N–H and O–H groups in total. The molecule has 26 heavy (non-hydrogen) atoms. The maximum absolute atomic E-state index is 12.6. The van der Waals surface area contributed by atoms with Crippen LogP contribution < -0.4 is 24.8 Å². The van der Waals surface area contributed by atoms with Gasteiger partial charge in [0.1, 0.15) is 11.8 Å². The van der Waals surface area contributed by atoms with Gasteiger partial charge >= 0.3 is 0 Å². The van der Waals surface area contributed by atoms with Crippen LogP contribution in [0.25, 0.3) is 0 Å². The van der Waals surface area contributed by atoms with Gasteiger partial charge in [0.05, 0.1) is 39.7 Å². The first-order valence-corrected chi connectivity index (χ1v) is 7.91. The number of methoxy groups -OCH3 is 3. The predicted octanol–water partition coefficient (Wildman–Crippen LogP) is 1.74. The van der Waals surface area contributed by atoms with E-state index in [2.05, 4.69) is 10.6 Å². The van der Waals surface area contributed by atoms with Crippen molar-refractivity contribution in [1.29, 1.82) is 0 Å². The first-order chi connectivity index (χ1) is 12.5. The molecule has 140 valence electrons. The lowest BCUT2D eigenvalue weighted by molar-refractivity contribution is -0.122. The second kappa shape index (κ2) is 8.80. The van der Waals surface area contributed by atoms with Crippen LogP contribution in [0.2, 0.25) is 0 Å². The first kappa shape index (κ1) is 19.2. The minimum absolute atomic E-state index is 0.229. The number of hydrogen-bond acceptors (Lipinski definition) is 6. The minimum Gasteiger partial charge on any atom is -0.493 e. The van der Waals surface area contributed by atoms with Gasteiger partial charge in [-0.1, -0.05) is 0 Å². The summed E-state index contributed by atoms with van der Waals surface area (Å²) in [6.45, 7) is 1.83. The standard InChI is InChI=1S/C18H22N2O6/c1-11(17(21)19-10-12-6-5-9-26-12)20-18(22)13-7-8-14(23-2)16(25-4)15(13)24-3/h5-9,11H,10H2,1-4H3,(H,19,21)(H,20,22). The second-order valence-corrected chi connectivity index (χ2v) is 5.37. The van der Waals surface area contributed by atoms with E-state index in [1.165, 1.54) is 27.6 Å². The van der Waals surface area contributed by atoms with Gasteiger partial charge in [0.25, 0.3) is 5.91 Å². The van der Waals surface area contributed by atoms with E-state index in [-0.39, 0.29) is 23.8 Å². The summed E-state index contributed by atoms with van der Waals surface area (Å²) < 4.78 is 20.9. The van der Waals surface area contributed by atoms with Gasteiger partial charge < -0.3 is 29.3 Å². The molecule has 0 saturated heterocycles. The highest BCUT2D eigenvalue weighted by Gasteiger charge is 2.23. The monoisotopic (exact) mass is 362 g/mol. The summed E-state index contributed by atoms with van der Waals surface area (Å²) >= 11 is 0. The van der Waals surface area contributed by atoms with Crippen molar-refractivity contribution in [2.45, 2.75) is 19.5 Å². The van der Waals surface area contributed by atoms with Gasteiger partial charge in [0, 0.05) is 0 Å². The molecule has 8 heteroatoms. The largest absolute Gasteiger partial charge is 0.493 e. The van der Waals surface area contributed by atoms with Gasteiger partial charge in [-0.2, -0.15) is 0 Å². The zero-order chi connectivity index (χ0) is 19.1. The van der Waals surface area contributed by atoms with Crippen LogP contribution in [0, 0.1) is 0 Å². The Hall–Kier alpha value is -3.16. The van der Waals surface area contributed by atoms with E-state index < -0.39 is 11.9 Å². The Morgan fingerprint density at radius 3 is 2.38 bits per heavy atom. The lowest BCUT2D eigenvalue weighted by atomic mass is 10.1. The Balaban J connectivity index is 2.07. The SMILES string of the molecule is COc1ccc(C(=O)NC(C)C(=O)NCc2ccco2)c(OC)c1OC. The molecule has 8 nitrogen and oxygen atoms in total. The molecular formula is C18H22N2O6. The van der Waals surface area contributed by atoms with E-state index in [4.69, 9.17) is 18.6 Å². The van der Waals surface area contributed by atoms with Crippen molar-refractivity contribution in [3.63, 3.8) is 0 Å². The molecule has 0 aliphatic rings. The topological polar surface area (TPSA) is 99.0 Å². The maximum Gasteiger partial charge on any atom is 0.255 e. The third kappa shape index (κ3) is 4.27. The molecule has 1 aromatic carbocycles. The Morgan fingerprint density at radius 2 is 1.81 bits per heavy atom. The molecule has 2 amide bonds. The van der Waals surface area contributed by atoms with Crippen LogP contribution in [0.1, 0.15) is 23.0 Å². The molecule has 1 aromatic heterocycles. The van der Waals surface area contributed by atoms with E-state index in [9.17, 15) is 9.59 Å². The number of benzene rings is 1. The van der Waals surface area contributed by atoms with Crippen LogP contribution in [0.3, 0.4) is 0 Å². The fourth-order valence-electron chi connectivity index (χ4n) is 2.36. The number of ether oxygens (including phenoxy) is 3. The Morgan fingerprint density at radius 1 is 1.08 bits per heavy atom. The quantitative estimate of drug-likeness (QED) is 0.742. The Kier molecular flexibility index (Phi) is 6.48. The normalized spacial score (nSPS) is 11.4. The van der Waals surface area contributed by atoms with Gasteiger partial charge in [-0.05, 0) is 31.2 Å². The van der Waals surface area contributed by atoms with Crippen molar-refractivity contribution in [2.75, 3.05) is 21.3 Å². The summed E-state index contributed by atoms with van der Waals surface area (Å²) in [5.41, 5.74) is 0.232. The van der Waals surface area contributed by atoms with Gasteiger partial charge in [0.15, 0.2) is 11.5 Å². The molecule has 1 heterocycles. The molecule has 0 radical (unpaired) electrons.